The van der Waals surface area contributed by atoms with Crippen LogP contribution < -0.4 is 0 Å². The summed E-state index contributed by atoms with van der Waals surface area (Å²) in [5.41, 5.74) is 0.944. The molecule has 4 rings (SSSR count). The number of rotatable bonds is 3. The van der Waals surface area contributed by atoms with Crippen LogP contribution in [0.25, 0.3) is 11.4 Å². The first-order chi connectivity index (χ1) is 11.2. The van der Waals surface area contributed by atoms with Gasteiger partial charge in [-0.1, -0.05) is 33.2 Å². The lowest BCUT2D eigenvalue weighted by molar-refractivity contribution is -0.186. The normalized spacial score (nSPS) is 21.1. The summed E-state index contributed by atoms with van der Waals surface area (Å²) in [6.07, 6.45) is 1.78. The van der Waals surface area contributed by atoms with Crippen LogP contribution in [0.1, 0.15) is 18.7 Å². The van der Waals surface area contributed by atoms with Crippen LogP contribution in [0.15, 0.2) is 33.3 Å². The Labute approximate surface area is 142 Å². The molecule has 0 bridgehead atoms. The molecule has 0 radical (unpaired) electrons. The largest absolute Gasteiger partial charge is 0.347 e. The number of likely N-dealkylation sites (tertiary alicyclic amines) is 1. The molecular formula is C16H18BrN3O3. The number of aromatic nitrogens is 2. The molecule has 0 amide bonds. The van der Waals surface area contributed by atoms with Crippen molar-refractivity contribution in [2.45, 2.75) is 25.2 Å². The summed E-state index contributed by atoms with van der Waals surface area (Å²) in [5.74, 6) is 0.925. The Morgan fingerprint density at radius 3 is 2.70 bits per heavy atom. The first-order valence-electron chi connectivity index (χ1n) is 7.81. The van der Waals surface area contributed by atoms with Crippen molar-refractivity contribution in [1.82, 2.24) is 15.0 Å². The van der Waals surface area contributed by atoms with Gasteiger partial charge in [0.2, 0.25) is 11.7 Å². The second-order valence-electron chi connectivity index (χ2n) is 5.91. The molecule has 1 spiro atoms. The highest BCUT2D eigenvalue weighted by Crippen LogP contribution is 2.31. The van der Waals surface area contributed by atoms with E-state index in [-0.39, 0.29) is 5.79 Å². The predicted octanol–water partition coefficient (Wildman–Crippen LogP) is 2.84. The van der Waals surface area contributed by atoms with Gasteiger partial charge in [0.1, 0.15) is 0 Å². The highest BCUT2D eigenvalue weighted by molar-refractivity contribution is 9.10. The molecule has 1 aromatic carbocycles. The van der Waals surface area contributed by atoms with Gasteiger partial charge in [-0.3, -0.25) is 4.90 Å². The van der Waals surface area contributed by atoms with Crippen molar-refractivity contribution in [2.75, 3.05) is 26.3 Å². The van der Waals surface area contributed by atoms with E-state index in [1.54, 1.807) is 0 Å². The van der Waals surface area contributed by atoms with E-state index in [9.17, 15) is 0 Å². The van der Waals surface area contributed by atoms with Crippen LogP contribution in [-0.2, 0) is 16.0 Å². The third-order valence-electron chi connectivity index (χ3n) is 4.34. The zero-order valence-corrected chi connectivity index (χ0v) is 14.3. The predicted molar refractivity (Wildman–Crippen MR) is 86.6 cm³/mol. The SMILES string of the molecule is Brc1cccc(-c2noc(CN3CCC4(CC3)OCCO4)n2)c1. The lowest BCUT2D eigenvalue weighted by Gasteiger charge is -2.36. The van der Waals surface area contributed by atoms with Gasteiger partial charge in [-0.05, 0) is 12.1 Å². The highest BCUT2D eigenvalue weighted by Gasteiger charge is 2.39. The van der Waals surface area contributed by atoms with E-state index >= 15 is 0 Å². The van der Waals surface area contributed by atoms with E-state index < -0.39 is 0 Å². The maximum Gasteiger partial charge on any atom is 0.241 e. The minimum atomic E-state index is -0.340. The highest BCUT2D eigenvalue weighted by atomic mass is 79.9. The lowest BCUT2D eigenvalue weighted by atomic mass is 10.0. The number of nitrogens with zero attached hydrogens (tertiary/aromatic N) is 3. The van der Waals surface area contributed by atoms with Gasteiger partial charge in [-0.2, -0.15) is 4.98 Å². The molecule has 122 valence electrons. The summed E-state index contributed by atoms with van der Waals surface area (Å²) >= 11 is 3.46. The van der Waals surface area contributed by atoms with Crippen molar-refractivity contribution in [3.63, 3.8) is 0 Å². The smallest absolute Gasteiger partial charge is 0.241 e. The Morgan fingerprint density at radius 2 is 1.96 bits per heavy atom. The summed E-state index contributed by atoms with van der Waals surface area (Å²) in [7, 11) is 0. The molecule has 0 atom stereocenters. The monoisotopic (exact) mass is 379 g/mol. The van der Waals surface area contributed by atoms with E-state index in [2.05, 4.69) is 31.0 Å². The van der Waals surface area contributed by atoms with Gasteiger partial charge in [0.15, 0.2) is 5.79 Å². The molecule has 0 aliphatic carbocycles. The van der Waals surface area contributed by atoms with Gasteiger partial charge < -0.3 is 14.0 Å². The van der Waals surface area contributed by atoms with Crippen LogP contribution in [-0.4, -0.2) is 47.1 Å². The molecule has 3 heterocycles. The van der Waals surface area contributed by atoms with Crippen molar-refractivity contribution in [3.8, 4) is 11.4 Å². The average Bonchev–Trinajstić information content (AvgIpc) is 3.20. The van der Waals surface area contributed by atoms with Crippen molar-refractivity contribution in [1.29, 1.82) is 0 Å². The van der Waals surface area contributed by atoms with Crippen LogP contribution in [0.2, 0.25) is 0 Å². The Balaban J connectivity index is 1.39. The number of halogens is 1. The molecule has 0 unspecified atom stereocenters. The molecule has 2 aromatic rings. The molecule has 2 aliphatic rings. The van der Waals surface area contributed by atoms with E-state index in [1.165, 1.54) is 0 Å². The van der Waals surface area contributed by atoms with E-state index in [4.69, 9.17) is 14.0 Å². The van der Waals surface area contributed by atoms with Crippen LogP contribution in [0.4, 0.5) is 0 Å². The Kier molecular flexibility index (Phi) is 4.19. The maximum atomic E-state index is 5.75. The Bertz CT molecular complexity index is 675. The molecule has 23 heavy (non-hydrogen) atoms. The van der Waals surface area contributed by atoms with Gasteiger partial charge in [0.25, 0.3) is 0 Å². The van der Waals surface area contributed by atoms with Crippen molar-refractivity contribution in [2.24, 2.45) is 0 Å². The molecule has 2 aliphatic heterocycles. The summed E-state index contributed by atoms with van der Waals surface area (Å²) in [6, 6.07) is 7.88. The van der Waals surface area contributed by atoms with Gasteiger partial charge in [0, 0.05) is 36.0 Å². The minimum absolute atomic E-state index is 0.340. The molecule has 2 saturated heterocycles. The van der Waals surface area contributed by atoms with Gasteiger partial charge in [-0.15, -0.1) is 0 Å². The zero-order chi connectivity index (χ0) is 15.7. The number of hydrogen-bond acceptors (Lipinski definition) is 6. The molecular weight excluding hydrogens is 362 g/mol. The Morgan fingerprint density at radius 1 is 1.17 bits per heavy atom. The fourth-order valence-corrected chi connectivity index (χ4v) is 3.49. The fraction of sp³-hybridized carbons (Fsp3) is 0.500. The number of hydrogen-bond donors (Lipinski definition) is 0. The first-order valence-corrected chi connectivity index (χ1v) is 8.61. The van der Waals surface area contributed by atoms with Gasteiger partial charge in [-0.25, -0.2) is 0 Å². The Hall–Kier alpha value is -1.28. The topological polar surface area (TPSA) is 60.6 Å². The van der Waals surface area contributed by atoms with E-state index in [1.807, 2.05) is 24.3 Å². The van der Waals surface area contributed by atoms with Crippen molar-refractivity contribution in [3.05, 3.63) is 34.6 Å². The number of benzene rings is 1. The van der Waals surface area contributed by atoms with E-state index in [0.29, 0.717) is 31.5 Å². The molecule has 1 aromatic heterocycles. The zero-order valence-electron chi connectivity index (χ0n) is 12.7. The molecule has 7 heteroatoms. The first kappa shape index (κ1) is 15.3. The molecule has 2 fully saturated rings. The number of ether oxygens (including phenoxy) is 2. The maximum absolute atomic E-state index is 5.75. The van der Waals surface area contributed by atoms with Crippen LogP contribution >= 0.6 is 15.9 Å². The van der Waals surface area contributed by atoms with Crippen LogP contribution in [0.5, 0.6) is 0 Å². The van der Waals surface area contributed by atoms with Crippen molar-refractivity contribution < 1.29 is 14.0 Å². The fourth-order valence-electron chi connectivity index (χ4n) is 3.09. The number of piperidine rings is 1. The van der Waals surface area contributed by atoms with E-state index in [0.717, 1.165) is 36.0 Å². The quantitative estimate of drug-likeness (QED) is 0.816. The molecule has 0 N–H and O–H groups in total. The van der Waals surface area contributed by atoms with Crippen molar-refractivity contribution >= 4 is 15.9 Å². The summed E-state index contributed by atoms with van der Waals surface area (Å²) in [5, 5.41) is 4.08. The third kappa shape index (κ3) is 3.33. The minimum Gasteiger partial charge on any atom is -0.347 e. The third-order valence-corrected chi connectivity index (χ3v) is 4.83. The summed E-state index contributed by atoms with van der Waals surface area (Å²) in [4.78, 5) is 6.80. The average molecular weight is 380 g/mol. The van der Waals surface area contributed by atoms with Gasteiger partial charge >= 0.3 is 0 Å². The summed E-state index contributed by atoms with van der Waals surface area (Å²) in [6.45, 7) is 3.90. The van der Waals surface area contributed by atoms with Crippen LogP contribution in [0.3, 0.4) is 0 Å². The summed E-state index contributed by atoms with van der Waals surface area (Å²) < 4.78 is 17.9. The lowest BCUT2D eigenvalue weighted by Crippen LogP contribution is -2.44. The second kappa shape index (κ2) is 6.32. The van der Waals surface area contributed by atoms with Crippen LogP contribution in [0, 0.1) is 0 Å². The van der Waals surface area contributed by atoms with Gasteiger partial charge in [0.05, 0.1) is 19.8 Å². The molecule has 6 nitrogen and oxygen atoms in total. The standard InChI is InChI=1S/C16H18BrN3O3/c17-13-3-1-2-12(10-13)15-18-14(23-19-15)11-20-6-4-16(5-7-20)21-8-9-22-16/h1-3,10H,4-9,11H2. The second-order valence-corrected chi connectivity index (χ2v) is 6.82. The molecule has 0 saturated carbocycles.